The van der Waals surface area contributed by atoms with Gasteiger partial charge in [-0.1, -0.05) is 57.2 Å². The van der Waals surface area contributed by atoms with Crippen LogP contribution in [0.25, 0.3) is 0 Å². The lowest BCUT2D eigenvalue weighted by Gasteiger charge is -2.24. The Kier molecular flexibility index (Phi) is 15.0. The van der Waals surface area contributed by atoms with E-state index in [-0.39, 0.29) is 18.2 Å². The molecule has 1 aromatic rings. The van der Waals surface area contributed by atoms with Crippen molar-refractivity contribution in [2.45, 2.75) is 96.2 Å². The van der Waals surface area contributed by atoms with Crippen LogP contribution in [0, 0.1) is 0 Å². The van der Waals surface area contributed by atoms with Gasteiger partial charge < -0.3 is 27.4 Å². The fourth-order valence-electron chi connectivity index (χ4n) is 3.78. The first-order valence-electron chi connectivity index (χ1n) is 12.7. The van der Waals surface area contributed by atoms with Gasteiger partial charge in [0.25, 0.3) is 5.91 Å². The molecule has 0 aliphatic rings. The van der Waals surface area contributed by atoms with Crippen molar-refractivity contribution in [1.29, 1.82) is 0 Å². The molecule has 0 fully saturated rings. The van der Waals surface area contributed by atoms with E-state index in [0.29, 0.717) is 37.8 Å². The summed E-state index contributed by atoms with van der Waals surface area (Å²) in [6, 6.07) is 6.69. The molecule has 0 aliphatic heterocycles. The average Bonchev–Trinajstić information content (AvgIpc) is 2.82. The van der Waals surface area contributed by atoms with Crippen molar-refractivity contribution in [3.63, 3.8) is 0 Å². The van der Waals surface area contributed by atoms with Crippen molar-refractivity contribution in [2.24, 2.45) is 11.5 Å². The zero-order chi connectivity index (χ0) is 26.1. The largest absolute Gasteiger partial charge is 0.370 e. The molecule has 196 valence electrons. The fraction of sp³-hybridized carbons (Fsp3) is 0.615. The Bertz CT molecular complexity index is 787. The number of primary amides is 1. The van der Waals surface area contributed by atoms with E-state index in [1.165, 1.54) is 0 Å². The van der Waals surface area contributed by atoms with Gasteiger partial charge in [-0.25, -0.2) is 0 Å². The first kappa shape index (κ1) is 30.1. The normalized spacial score (nSPS) is 13.3. The van der Waals surface area contributed by atoms with E-state index < -0.39 is 29.9 Å². The van der Waals surface area contributed by atoms with Crippen LogP contribution in [0.1, 0.15) is 88.4 Å². The second-order valence-electron chi connectivity index (χ2n) is 9.02. The highest BCUT2D eigenvalue weighted by Gasteiger charge is 2.27. The third-order valence-corrected chi connectivity index (χ3v) is 5.73. The number of rotatable bonds is 18. The number of carbonyl (C=O) groups excluding carboxylic acids is 4. The van der Waals surface area contributed by atoms with E-state index in [4.69, 9.17) is 11.5 Å². The molecule has 9 nitrogen and oxygen atoms in total. The van der Waals surface area contributed by atoms with Gasteiger partial charge in [-0.15, -0.1) is 0 Å². The summed E-state index contributed by atoms with van der Waals surface area (Å²) >= 11 is 0. The smallest absolute Gasteiger partial charge is 0.251 e. The van der Waals surface area contributed by atoms with Crippen LogP contribution in [0.3, 0.4) is 0 Å². The number of hydrogen-bond acceptors (Lipinski definition) is 5. The lowest BCUT2D eigenvalue weighted by Crippen LogP contribution is -2.54. The summed E-state index contributed by atoms with van der Waals surface area (Å²) < 4.78 is 0. The van der Waals surface area contributed by atoms with Crippen LogP contribution in [0.5, 0.6) is 0 Å². The Hall–Kier alpha value is -2.94. The SMILES string of the molecule is CCCCCCC[C@H](NC(=O)c1ccccc1)C(=O)N[C@@H](CCCCN)C(=O)N[C@H](C)CC(N)=O. The predicted molar refractivity (Wildman–Crippen MR) is 137 cm³/mol. The van der Waals surface area contributed by atoms with Crippen molar-refractivity contribution in [2.75, 3.05) is 6.54 Å². The van der Waals surface area contributed by atoms with E-state index in [1.54, 1.807) is 31.2 Å². The summed E-state index contributed by atoms with van der Waals surface area (Å²) in [4.78, 5) is 50.0. The van der Waals surface area contributed by atoms with Crippen LogP contribution in [0.15, 0.2) is 30.3 Å². The quantitative estimate of drug-likeness (QED) is 0.200. The molecule has 0 unspecified atom stereocenters. The molecule has 0 aliphatic carbocycles. The second kappa shape index (κ2) is 17.5. The molecular formula is C26H43N5O4. The maximum Gasteiger partial charge on any atom is 0.251 e. The average molecular weight is 490 g/mol. The summed E-state index contributed by atoms with van der Waals surface area (Å²) in [5, 5.41) is 8.40. The van der Waals surface area contributed by atoms with Gasteiger partial charge in [-0.2, -0.15) is 0 Å². The van der Waals surface area contributed by atoms with Gasteiger partial charge in [0, 0.05) is 18.0 Å². The van der Waals surface area contributed by atoms with Crippen LogP contribution in [0.2, 0.25) is 0 Å². The van der Waals surface area contributed by atoms with E-state index in [1.807, 2.05) is 6.07 Å². The first-order chi connectivity index (χ1) is 16.8. The van der Waals surface area contributed by atoms with Gasteiger partial charge >= 0.3 is 0 Å². The molecule has 4 amide bonds. The van der Waals surface area contributed by atoms with Gasteiger partial charge in [-0.3, -0.25) is 19.2 Å². The molecule has 35 heavy (non-hydrogen) atoms. The number of carbonyl (C=O) groups is 4. The van der Waals surface area contributed by atoms with Gasteiger partial charge in [0.1, 0.15) is 12.1 Å². The highest BCUT2D eigenvalue weighted by atomic mass is 16.2. The highest BCUT2D eigenvalue weighted by Crippen LogP contribution is 2.10. The van der Waals surface area contributed by atoms with Crippen molar-refractivity contribution >= 4 is 23.6 Å². The Labute approximate surface area is 209 Å². The van der Waals surface area contributed by atoms with Gasteiger partial charge in [0.2, 0.25) is 17.7 Å². The van der Waals surface area contributed by atoms with Crippen molar-refractivity contribution in [1.82, 2.24) is 16.0 Å². The fourth-order valence-corrected chi connectivity index (χ4v) is 3.78. The molecule has 0 saturated heterocycles. The summed E-state index contributed by atoms with van der Waals surface area (Å²) in [6.07, 6.45) is 7.29. The number of benzene rings is 1. The number of hydrogen-bond donors (Lipinski definition) is 5. The lowest BCUT2D eigenvalue weighted by atomic mass is 10.0. The molecular weight excluding hydrogens is 446 g/mol. The summed E-state index contributed by atoms with van der Waals surface area (Å²) in [6.45, 7) is 4.30. The van der Waals surface area contributed by atoms with Crippen molar-refractivity contribution in [3.8, 4) is 0 Å². The topological polar surface area (TPSA) is 156 Å². The molecule has 0 spiro atoms. The van der Waals surface area contributed by atoms with Crippen molar-refractivity contribution < 1.29 is 19.2 Å². The molecule has 7 N–H and O–H groups in total. The number of amides is 4. The van der Waals surface area contributed by atoms with Crippen LogP contribution < -0.4 is 27.4 Å². The molecule has 0 radical (unpaired) electrons. The van der Waals surface area contributed by atoms with E-state index in [2.05, 4.69) is 22.9 Å². The Balaban J connectivity index is 2.90. The molecule has 0 heterocycles. The van der Waals surface area contributed by atoms with Gasteiger partial charge in [0.05, 0.1) is 0 Å². The highest BCUT2D eigenvalue weighted by molar-refractivity contribution is 5.98. The minimum absolute atomic E-state index is 0.00270. The lowest BCUT2D eigenvalue weighted by molar-refractivity contribution is -0.130. The molecule has 1 rings (SSSR count). The second-order valence-corrected chi connectivity index (χ2v) is 9.02. The standard InChI is InChI=1S/C26H43N5O4/c1-3-4-5-6-10-15-22(30-24(33)20-13-8-7-9-14-20)26(35)31-21(16-11-12-17-27)25(34)29-19(2)18-23(28)32/h7-9,13-14,19,21-22H,3-6,10-12,15-18,27H2,1-2H3,(H2,28,32)(H,29,34)(H,30,33)(H,31,35)/t19-,21+,22+/m1/s1. The first-order valence-corrected chi connectivity index (χ1v) is 12.7. The molecule has 9 heteroatoms. The van der Waals surface area contributed by atoms with E-state index in [0.717, 1.165) is 32.1 Å². The minimum Gasteiger partial charge on any atom is -0.370 e. The zero-order valence-corrected chi connectivity index (χ0v) is 21.2. The van der Waals surface area contributed by atoms with E-state index >= 15 is 0 Å². The third-order valence-electron chi connectivity index (χ3n) is 5.73. The Morgan fingerprint density at radius 2 is 1.37 bits per heavy atom. The van der Waals surface area contributed by atoms with Crippen LogP contribution in [0.4, 0.5) is 0 Å². The monoisotopic (exact) mass is 489 g/mol. The van der Waals surface area contributed by atoms with Gasteiger partial charge in [-0.05, 0) is 51.3 Å². The molecule has 3 atom stereocenters. The summed E-state index contributed by atoms with van der Waals surface area (Å²) in [5.41, 5.74) is 11.3. The maximum absolute atomic E-state index is 13.2. The van der Waals surface area contributed by atoms with Gasteiger partial charge in [0.15, 0.2) is 0 Å². The Morgan fingerprint density at radius 3 is 1.97 bits per heavy atom. The minimum atomic E-state index is -0.805. The van der Waals surface area contributed by atoms with Crippen LogP contribution >= 0.6 is 0 Å². The molecule has 0 aromatic heterocycles. The van der Waals surface area contributed by atoms with Crippen molar-refractivity contribution in [3.05, 3.63) is 35.9 Å². The van der Waals surface area contributed by atoms with E-state index in [9.17, 15) is 19.2 Å². The number of unbranched alkanes of at least 4 members (excludes halogenated alkanes) is 5. The predicted octanol–water partition coefficient (Wildman–Crippen LogP) is 2.14. The molecule has 0 saturated carbocycles. The Morgan fingerprint density at radius 1 is 0.800 bits per heavy atom. The maximum atomic E-state index is 13.2. The summed E-state index contributed by atoms with van der Waals surface area (Å²) in [5.74, 6) is -1.65. The number of nitrogens with two attached hydrogens (primary N) is 2. The third kappa shape index (κ3) is 12.9. The molecule has 0 bridgehead atoms. The van der Waals surface area contributed by atoms with Crippen LogP contribution in [-0.4, -0.2) is 48.3 Å². The molecule has 1 aromatic carbocycles. The summed E-state index contributed by atoms with van der Waals surface area (Å²) in [7, 11) is 0. The number of nitrogens with one attached hydrogen (secondary N) is 3. The van der Waals surface area contributed by atoms with Crippen LogP contribution in [-0.2, 0) is 14.4 Å². The zero-order valence-electron chi connectivity index (χ0n) is 21.2.